The van der Waals surface area contributed by atoms with Crippen molar-refractivity contribution in [3.05, 3.63) is 0 Å². The summed E-state index contributed by atoms with van der Waals surface area (Å²) in [6.45, 7) is 2.32. The summed E-state index contributed by atoms with van der Waals surface area (Å²) >= 11 is 0. The van der Waals surface area contributed by atoms with Crippen molar-refractivity contribution in [2.24, 2.45) is 5.92 Å². The van der Waals surface area contributed by atoms with Crippen LogP contribution in [0.4, 0.5) is 13.2 Å². The van der Waals surface area contributed by atoms with Crippen molar-refractivity contribution < 1.29 is 22.7 Å². The molecule has 2 unspecified atom stereocenters. The van der Waals surface area contributed by atoms with Crippen molar-refractivity contribution in [1.29, 1.82) is 0 Å². The van der Waals surface area contributed by atoms with E-state index in [4.69, 9.17) is 0 Å². The summed E-state index contributed by atoms with van der Waals surface area (Å²) in [7, 11) is 1.16. The number of hydrogen-bond donors (Lipinski definition) is 1. The molecular weight excluding hydrogens is 211 g/mol. The molecule has 0 heterocycles. The van der Waals surface area contributed by atoms with Crippen LogP contribution in [0.2, 0.25) is 0 Å². The van der Waals surface area contributed by atoms with Crippen LogP contribution in [0.5, 0.6) is 0 Å². The van der Waals surface area contributed by atoms with E-state index in [-0.39, 0.29) is 5.92 Å². The Morgan fingerprint density at radius 1 is 1.47 bits per heavy atom. The van der Waals surface area contributed by atoms with E-state index in [1.807, 2.05) is 0 Å². The molecule has 0 rings (SSSR count). The van der Waals surface area contributed by atoms with Gasteiger partial charge in [0.1, 0.15) is 6.04 Å². The highest BCUT2D eigenvalue weighted by molar-refractivity contribution is 5.75. The smallest absolute Gasteiger partial charge is 0.401 e. The lowest BCUT2D eigenvalue weighted by molar-refractivity contribution is -0.148. The molecule has 0 aromatic carbocycles. The largest absolute Gasteiger partial charge is 0.468 e. The number of alkyl halides is 3. The van der Waals surface area contributed by atoms with E-state index < -0.39 is 24.7 Å². The van der Waals surface area contributed by atoms with Crippen LogP contribution < -0.4 is 5.32 Å². The predicted molar refractivity (Wildman–Crippen MR) is 49.3 cm³/mol. The average Bonchev–Trinajstić information content (AvgIpc) is 2.15. The zero-order chi connectivity index (χ0) is 12.1. The minimum Gasteiger partial charge on any atom is -0.468 e. The van der Waals surface area contributed by atoms with Crippen LogP contribution >= 0.6 is 0 Å². The Morgan fingerprint density at radius 2 is 2.00 bits per heavy atom. The second-order valence-electron chi connectivity index (χ2n) is 3.38. The van der Waals surface area contributed by atoms with E-state index in [2.05, 4.69) is 10.1 Å². The highest BCUT2D eigenvalue weighted by Crippen LogP contribution is 2.15. The Bertz CT molecular complexity index is 206. The number of esters is 1. The Hall–Kier alpha value is -0.780. The summed E-state index contributed by atoms with van der Waals surface area (Å²) in [5.41, 5.74) is 0. The summed E-state index contributed by atoms with van der Waals surface area (Å²) in [6, 6.07) is -0.901. The fraction of sp³-hybridized carbons (Fsp3) is 0.889. The second kappa shape index (κ2) is 5.95. The van der Waals surface area contributed by atoms with Crippen molar-refractivity contribution in [2.75, 3.05) is 13.7 Å². The summed E-state index contributed by atoms with van der Waals surface area (Å²) in [6.07, 6.45) is -3.72. The zero-order valence-corrected chi connectivity index (χ0v) is 9.02. The number of halogens is 3. The molecule has 0 aliphatic heterocycles. The van der Waals surface area contributed by atoms with Crippen molar-refractivity contribution in [1.82, 2.24) is 5.32 Å². The first kappa shape index (κ1) is 14.2. The summed E-state index contributed by atoms with van der Waals surface area (Å²) in [5.74, 6) is -0.853. The maximum absolute atomic E-state index is 11.9. The van der Waals surface area contributed by atoms with E-state index in [1.165, 1.54) is 0 Å². The van der Waals surface area contributed by atoms with Gasteiger partial charge in [-0.15, -0.1) is 0 Å². The molecule has 15 heavy (non-hydrogen) atoms. The molecule has 0 amide bonds. The van der Waals surface area contributed by atoms with Gasteiger partial charge in [-0.25, -0.2) is 0 Å². The van der Waals surface area contributed by atoms with Gasteiger partial charge in [-0.3, -0.25) is 10.1 Å². The molecule has 0 aliphatic carbocycles. The minimum absolute atomic E-state index is 0.195. The van der Waals surface area contributed by atoms with E-state index in [0.717, 1.165) is 7.11 Å². The van der Waals surface area contributed by atoms with Crippen molar-refractivity contribution in [2.45, 2.75) is 32.5 Å². The molecular formula is C9H16F3NO2. The molecule has 0 aromatic rings. The molecule has 0 aromatic heterocycles. The molecule has 0 aliphatic rings. The van der Waals surface area contributed by atoms with Gasteiger partial charge in [0.2, 0.25) is 0 Å². The second-order valence-corrected chi connectivity index (χ2v) is 3.38. The lowest BCUT2D eigenvalue weighted by atomic mass is 9.99. The Kier molecular flexibility index (Phi) is 5.64. The van der Waals surface area contributed by atoms with Crippen LogP contribution in [0.15, 0.2) is 0 Å². The molecule has 90 valence electrons. The number of carbonyl (C=O) groups is 1. The van der Waals surface area contributed by atoms with Crippen molar-refractivity contribution in [3.8, 4) is 0 Å². The maximum atomic E-state index is 11.9. The van der Waals surface area contributed by atoms with Gasteiger partial charge in [-0.2, -0.15) is 13.2 Å². The maximum Gasteiger partial charge on any atom is 0.401 e. The van der Waals surface area contributed by atoms with Crippen LogP contribution in [0, 0.1) is 5.92 Å². The van der Waals surface area contributed by atoms with Crippen LogP contribution in [0.25, 0.3) is 0 Å². The number of carbonyl (C=O) groups excluding carboxylic acids is 1. The highest BCUT2D eigenvalue weighted by atomic mass is 19.4. The molecule has 0 radical (unpaired) electrons. The average molecular weight is 227 g/mol. The molecule has 0 bridgehead atoms. The van der Waals surface area contributed by atoms with Crippen LogP contribution in [-0.2, 0) is 9.53 Å². The number of hydrogen-bond acceptors (Lipinski definition) is 3. The topological polar surface area (TPSA) is 38.3 Å². The van der Waals surface area contributed by atoms with Gasteiger partial charge in [0, 0.05) is 0 Å². The number of ether oxygens (including phenoxy) is 1. The van der Waals surface area contributed by atoms with E-state index in [0.29, 0.717) is 6.42 Å². The third-order valence-corrected chi connectivity index (χ3v) is 2.19. The van der Waals surface area contributed by atoms with Crippen molar-refractivity contribution in [3.63, 3.8) is 0 Å². The van der Waals surface area contributed by atoms with Crippen LogP contribution in [-0.4, -0.2) is 31.8 Å². The normalized spacial score (nSPS) is 15.9. The molecule has 3 nitrogen and oxygen atoms in total. The first-order valence-corrected chi connectivity index (χ1v) is 4.69. The number of nitrogens with one attached hydrogen (secondary N) is 1. The van der Waals surface area contributed by atoms with Crippen LogP contribution in [0.1, 0.15) is 20.3 Å². The molecule has 6 heteroatoms. The Balaban J connectivity index is 4.32. The van der Waals surface area contributed by atoms with Gasteiger partial charge in [0.05, 0.1) is 13.7 Å². The Morgan fingerprint density at radius 3 is 2.33 bits per heavy atom. The van der Waals surface area contributed by atoms with Gasteiger partial charge in [0.25, 0.3) is 0 Å². The first-order chi connectivity index (χ1) is 6.81. The van der Waals surface area contributed by atoms with Gasteiger partial charge >= 0.3 is 12.1 Å². The molecule has 0 fully saturated rings. The number of rotatable bonds is 5. The highest BCUT2D eigenvalue weighted by Gasteiger charge is 2.32. The molecule has 0 saturated carbocycles. The van der Waals surface area contributed by atoms with E-state index in [1.54, 1.807) is 13.8 Å². The third-order valence-electron chi connectivity index (χ3n) is 2.19. The summed E-state index contributed by atoms with van der Waals surface area (Å²) in [5, 5.41) is 2.16. The zero-order valence-electron chi connectivity index (χ0n) is 9.02. The SMILES string of the molecule is CCC(C)C(NCC(F)(F)F)C(=O)OC. The fourth-order valence-electron chi connectivity index (χ4n) is 1.11. The lowest BCUT2D eigenvalue weighted by Crippen LogP contribution is -2.46. The minimum atomic E-state index is -4.32. The van der Waals surface area contributed by atoms with Gasteiger partial charge in [-0.05, 0) is 5.92 Å². The number of methoxy groups -OCH3 is 1. The van der Waals surface area contributed by atoms with Gasteiger partial charge < -0.3 is 4.74 Å². The summed E-state index contributed by atoms with van der Waals surface area (Å²) < 4.78 is 40.2. The molecule has 0 spiro atoms. The molecule has 1 N–H and O–H groups in total. The van der Waals surface area contributed by atoms with E-state index in [9.17, 15) is 18.0 Å². The Labute approximate surface area is 87.0 Å². The molecule has 0 saturated heterocycles. The van der Waals surface area contributed by atoms with E-state index >= 15 is 0 Å². The monoisotopic (exact) mass is 227 g/mol. The van der Waals surface area contributed by atoms with Crippen LogP contribution in [0.3, 0.4) is 0 Å². The standard InChI is InChI=1S/C9H16F3NO2/c1-4-6(2)7(8(14)15-3)13-5-9(10,11)12/h6-7,13H,4-5H2,1-3H3. The first-order valence-electron chi connectivity index (χ1n) is 4.69. The van der Waals surface area contributed by atoms with Gasteiger partial charge in [0.15, 0.2) is 0 Å². The van der Waals surface area contributed by atoms with Crippen molar-refractivity contribution >= 4 is 5.97 Å². The fourth-order valence-corrected chi connectivity index (χ4v) is 1.11. The summed E-state index contributed by atoms with van der Waals surface area (Å²) in [4.78, 5) is 11.2. The van der Waals surface area contributed by atoms with Gasteiger partial charge in [-0.1, -0.05) is 20.3 Å². The molecule has 2 atom stereocenters. The third kappa shape index (κ3) is 5.61. The lowest BCUT2D eigenvalue weighted by Gasteiger charge is -2.22. The quantitative estimate of drug-likeness (QED) is 0.727. The predicted octanol–water partition coefficient (Wildman–Crippen LogP) is 1.73.